The van der Waals surface area contributed by atoms with Crippen molar-refractivity contribution in [3.63, 3.8) is 0 Å². The van der Waals surface area contributed by atoms with Crippen LogP contribution in [0.1, 0.15) is 0 Å². The van der Waals surface area contributed by atoms with E-state index in [1.54, 1.807) is 18.3 Å². The van der Waals surface area contributed by atoms with E-state index in [1.165, 1.54) is 0 Å². The summed E-state index contributed by atoms with van der Waals surface area (Å²) in [4.78, 5) is 23.3. The van der Waals surface area contributed by atoms with Gasteiger partial charge in [0, 0.05) is 40.3 Å². The summed E-state index contributed by atoms with van der Waals surface area (Å²) in [5, 5.41) is 12.2. The second-order valence-corrected chi connectivity index (χ2v) is 5.62. The van der Waals surface area contributed by atoms with Crippen LogP contribution in [-0.2, 0) is 0 Å². The molecular weight excluding hydrogens is 290 g/mol. The molecule has 3 aromatic heterocycles. The van der Waals surface area contributed by atoms with E-state index in [1.807, 2.05) is 30.6 Å². The number of phenolic OH excluding ortho intramolecular Hbond substituents is 1. The highest BCUT2D eigenvalue weighted by Gasteiger charge is 2.18. The van der Waals surface area contributed by atoms with Crippen molar-refractivity contribution in [3.05, 3.63) is 59.1 Å². The third-order valence-electron chi connectivity index (χ3n) is 4.35. The Morgan fingerprint density at radius 1 is 0.957 bits per heavy atom. The topological polar surface area (TPSA) is 81.8 Å². The number of hydrogen-bond acceptors (Lipinski definition) is 3. The van der Waals surface area contributed by atoms with Crippen LogP contribution in [-0.4, -0.2) is 20.1 Å². The van der Waals surface area contributed by atoms with Crippen molar-refractivity contribution < 1.29 is 5.11 Å². The number of nitrogens with zero attached hydrogens (tertiary/aromatic N) is 1. The minimum atomic E-state index is -0.0906. The van der Waals surface area contributed by atoms with Crippen LogP contribution in [0.25, 0.3) is 43.8 Å². The zero-order valence-electron chi connectivity index (χ0n) is 11.9. The van der Waals surface area contributed by atoms with Crippen LogP contribution in [0.2, 0.25) is 0 Å². The Bertz CT molecular complexity index is 1230. The molecule has 0 aliphatic rings. The first-order valence-corrected chi connectivity index (χ1v) is 7.26. The van der Waals surface area contributed by atoms with Gasteiger partial charge in [-0.05, 0) is 23.8 Å². The molecule has 0 amide bonds. The van der Waals surface area contributed by atoms with Crippen LogP contribution in [0.15, 0.2) is 53.7 Å². The lowest BCUT2D eigenvalue weighted by molar-refractivity contribution is 0.475. The molecular formula is C18H11N3O2. The minimum Gasteiger partial charge on any atom is -0.508 e. The molecule has 0 atom stereocenters. The van der Waals surface area contributed by atoms with E-state index in [0.717, 1.165) is 32.8 Å². The standard InChI is InChI=1S/C18H11N3O2/c22-11-3-1-9(2-4-11)12-8-21-17-14(12)15-13-10(5-6-19-15)7-20-16(13)18(17)23/h1-8,19,21-22H. The molecule has 5 rings (SSSR count). The fraction of sp³-hybridized carbons (Fsp3) is 0. The maximum Gasteiger partial charge on any atom is 0.228 e. The van der Waals surface area contributed by atoms with Crippen molar-refractivity contribution in [2.45, 2.75) is 0 Å². The van der Waals surface area contributed by atoms with E-state index < -0.39 is 0 Å². The summed E-state index contributed by atoms with van der Waals surface area (Å²) in [6, 6.07) is 8.86. The van der Waals surface area contributed by atoms with Crippen LogP contribution >= 0.6 is 0 Å². The van der Waals surface area contributed by atoms with Gasteiger partial charge >= 0.3 is 0 Å². The molecule has 2 aromatic carbocycles. The van der Waals surface area contributed by atoms with E-state index in [2.05, 4.69) is 15.0 Å². The molecule has 3 N–H and O–H groups in total. The van der Waals surface area contributed by atoms with Gasteiger partial charge in [0.25, 0.3) is 0 Å². The van der Waals surface area contributed by atoms with Crippen molar-refractivity contribution in [1.82, 2.24) is 15.0 Å². The smallest absolute Gasteiger partial charge is 0.228 e. The number of aromatic hydroxyl groups is 1. The molecule has 0 radical (unpaired) electrons. The van der Waals surface area contributed by atoms with Crippen LogP contribution in [0, 0.1) is 0 Å². The largest absolute Gasteiger partial charge is 0.508 e. The highest BCUT2D eigenvalue weighted by molar-refractivity contribution is 6.21. The third-order valence-corrected chi connectivity index (χ3v) is 4.35. The summed E-state index contributed by atoms with van der Waals surface area (Å²) < 4.78 is 0. The zero-order valence-corrected chi connectivity index (χ0v) is 11.9. The first-order chi connectivity index (χ1) is 11.2. The number of phenols is 1. The Morgan fingerprint density at radius 3 is 2.61 bits per heavy atom. The predicted molar refractivity (Wildman–Crippen MR) is 90.0 cm³/mol. The fourth-order valence-electron chi connectivity index (χ4n) is 3.29. The summed E-state index contributed by atoms with van der Waals surface area (Å²) in [7, 11) is 0. The van der Waals surface area contributed by atoms with E-state index in [-0.39, 0.29) is 11.2 Å². The molecule has 5 nitrogen and oxygen atoms in total. The molecule has 0 bridgehead atoms. The summed E-state index contributed by atoms with van der Waals surface area (Å²) in [5.41, 5.74) is 3.69. The molecule has 5 heteroatoms. The Labute approximate surface area is 129 Å². The minimum absolute atomic E-state index is 0.0906. The number of fused-ring (bicyclic) bond motifs is 2. The first-order valence-electron chi connectivity index (χ1n) is 7.26. The molecule has 3 heterocycles. The van der Waals surface area contributed by atoms with Crippen molar-refractivity contribution >= 4 is 32.7 Å². The molecule has 23 heavy (non-hydrogen) atoms. The number of aromatic nitrogens is 3. The summed E-state index contributed by atoms with van der Waals surface area (Å²) in [6.45, 7) is 0. The maximum atomic E-state index is 12.7. The Hall–Kier alpha value is -3.34. The van der Waals surface area contributed by atoms with Gasteiger partial charge in [-0.25, -0.2) is 0 Å². The third kappa shape index (κ3) is 1.51. The molecule has 0 spiro atoms. The van der Waals surface area contributed by atoms with Crippen molar-refractivity contribution in [1.29, 1.82) is 0 Å². The molecule has 0 saturated heterocycles. The lowest BCUT2D eigenvalue weighted by atomic mass is 10.0. The number of benzene rings is 2. The van der Waals surface area contributed by atoms with Crippen molar-refractivity contribution in [3.8, 4) is 16.9 Å². The molecule has 5 aromatic rings. The van der Waals surface area contributed by atoms with Gasteiger partial charge < -0.3 is 15.1 Å². The van der Waals surface area contributed by atoms with Gasteiger partial charge in [0.2, 0.25) is 5.43 Å². The van der Waals surface area contributed by atoms with Gasteiger partial charge in [-0.1, -0.05) is 12.1 Å². The molecule has 0 unspecified atom stereocenters. The Morgan fingerprint density at radius 2 is 1.78 bits per heavy atom. The van der Waals surface area contributed by atoms with E-state index in [4.69, 9.17) is 0 Å². The molecule has 0 fully saturated rings. The Balaban J connectivity index is 2.01. The van der Waals surface area contributed by atoms with E-state index in [9.17, 15) is 9.90 Å². The Kier molecular flexibility index (Phi) is 2.18. The maximum absolute atomic E-state index is 12.7. The van der Waals surface area contributed by atoms with Gasteiger partial charge in [-0.15, -0.1) is 0 Å². The number of nitrogens with one attached hydrogen (secondary N) is 2. The zero-order chi connectivity index (χ0) is 15.6. The number of aromatic amines is 2. The lowest BCUT2D eigenvalue weighted by Gasteiger charge is -2.04. The monoisotopic (exact) mass is 301 g/mol. The van der Waals surface area contributed by atoms with Crippen LogP contribution in [0.4, 0.5) is 0 Å². The summed E-state index contributed by atoms with van der Waals surface area (Å²) >= 11 is 0. The number of hydrogen-bond donors (Lipinski definition) is 3. The molecule has 0 aliphatic heterocycles. The van der Waals surface area contributed by atoms with Crippen LogP contribution in [0.5, 0.6) is 5.75 Å². The SMILES string of the molecule is O=c1c2ncc3cc[nH]c(c4c(-c5ccc(O)cc5)c[nH]c14)c32. The van der Waals surface area contributed by atoms with Crippen molar-refractivity contribution in [2.75, 3.05) is 0 Å². The van der Waals surface area contributed by atoms with Gasteiger partial charge in [0.15, 0.2) is 0 Å². The average molecular weight is 301 g/mol. The fourth-order valence-corrected chi connectivity index (χ4v) is 3.29. The molecule has 0 aliphatic carbocycles. The highest BCUT2D eigenvalue weighted by Crippen LogP contribution is 2.35. The van der Waals surface area contributed by atoms with Gasteiger partial charge in [0.05, 0.1) is 11.0 Å². The van der Waals surface area contributed by atoms with Crippen molar-refractivity contribution in [2.24, 2.45) is 0 Å². The van der Waals surface area contributed by atoms with E-state index >= 15 is 0 Å². The number of H-pyrrole nitrogens is 2. The average Bonchev–Trinajstić information content (AvgIpc) is 3.19. The lowest BCUT2D eigenvalue weighted by Crippen LogP contribution is -2.03. The van der Waals surface area contributed by atoms with Crippen LogP contribution in [0.3, 0.4) is 0 Å². The quantitative estimate of drug-likeness (QED) is 0.444. The van der Waals surface area contributed by atoms with Gasteiger partial charge in [0.1, 0.15) is 11.3 Å². The van der Waals surface area contributed by atoms with Gasteiger partial charge in [-0.2, -0.15) is 0 Å². The highest BCUT2D eigenvalue weighted by atomic mass is 16.3. The second-order valence-electron chi connectivity index (χ2n) is 5.62. The van der Waals surface area contributed by atoms with Crippen LogP contribution < -0.4 is 5.43 Å². The molecule has 110 valence electrons. The van der Waals surface area contributed by atoms with Gasteiger partial charge in [-0.3, -0.25) is 9.78 Å². The molecule has 0 saturated carbocycles. The predicted octanol–water partition coefficient (Wildman–Crippen LogP) is 3.37. The number of rotatable bonds is 1. The summed E-state index contributed by atoms with van der Waals surface area (Å²) in [6.07, 6.45) is 5.41. The summed E-state index contributed by atoms with van der Waals surface area (Å²) in [5.74, 6) is 0.213. The first kappa shape index (κ1) is 12.2. The normalized spacial score (nSPS) is 11.8. The second kappa shape index (κ2) is 4.10. The van der Waals surface area contributed by atoms with E-state index in [0.29, 0.717) is 11.0 Å². The number of pyridine rings is 1.